The van der Waals surface area contributed by atoms with E-state index >= 15 is 0 Å². The van der Waals surface area contributed by atoms with E-state index in [9.17, 15) is 9.59 Å². The number of benzene rings is 3. The first kappa shape index (κ1) is 20.4. The molecule has 1 heterocycles. The number of carbonyl (C=O) groups is 2. The van der Waals surface area contributed by atoms with Gasteiger partial charge >= 0.3 is 11.9 Å². The summed E-state index contributed by atoms with van der Waals surface area (Å²) in [6.45, 7) is 0. The summed E-state index contributed by atoms with van der Waals surface area (Å²) in [7, 11) is 1.57. The van der Waals surface area contributed by atoms with Crippen LogP contribution in [0.4, 0.5) is 0 Å². The lowest BCUT2D eigenvalue weighted by molar-refractivity contribution is -0.129. The van der Waals surface area contributed by atoms with Crippen molar-refractivity contribution in [2.75, 3.05) is 7.11 Å². The molecule has 3 aromatic carbocycles. The molecule has 7 heteroatoms. The molecule has 0 amide bonds. The Bertz CT molecular complexity index is 1200. The zero-order chi connectivity index (χ0) is 21.8. The molecule has 0 saturated carbocycles. The number of carbonyl (C=O) groups excluding carboxylic acids is 2. The van der Waals surface area contributed by atoms with Crippen LogP contribution in [0.25, 0.3) is 6.08 Å². The van der Waals surface area contributed by atoms with E-state index in [0.717, 1.165) is 0 Å². The molecule has 0 N–H and O–H groups in total. The highest BCUT2D eigenvalue weighted by Crippen LogP contribution is 2.26. The van der Waals surface area contributed by atoms with Crippen LogP contribution in [0, 0.1) is 0 Å². The van der Waals surface area contributed by atoms with Gasteiger partial charge in [0.15, 0.2) is 5.70 Å². The van der Waals surface area contributed by atoms with Gasteiger partial charge in [0.05, 0.1) is 12.7 Å². The van der Waals surface area contributed by atoms with Crippen LogP contribution in [0.15, 0.2) is 83.5 Å². The summed E-state index contributed by atoms with van der Waals surface area (Å²) in [4.78, 5) is 29.1. The van der Waals surface area contributed by atoms with Crippen molar-refractivity contribution in [1.82, 2.24) is 0 Å². The lowest BCUT2D eigenvalue weighted by Crippen LogP contribution is -2.09. The number of esters is 2. The molecule has 154 valence electrons. The molecule has 0 saturated heterocycles. The Hall–Kier alpha value is -3.90. The van der Waals surface area contributed by atoms with Crippen LogP contribution in [0.2, 0.25) is 5.02 Å². The van der Waals surface area contributed by atoms with Gasteiger partial charge in [0.1, 0.15) is 11.5 Å². The molecule has 0 unspecified atom stereocenters. The minimum Gasteiger partial charge on any atom is -0.497 e. The van der Waals surface area contributed by atoms with Gasteiger partial charge in [-0.3, -0.25) is 0 Å². The largest absolute Gasteiger partial charge is 0.497 e. The molecule has 6 nitrogen and oxygen atoms in total. The Morgan fingerprint density at radius 3 is 2.42 bits per heavy atom. The van der Waals surface area contributed by atoms with Crippen molar-refractivity contribution in [1.29, 1.82) is 0 Å². The molecular weight excluding hydrogens is 418 g/mol. The first-order valence-corrected chi connectivity index (χ1v) is 9.65. The zero-order valence-corrected chi connectivity index (χ0v) is 17.1. The second-order valence-corrected chi connectivity index (χ2v) is 6.94. The number of para-hydroxylation sites is 1. The first-order valence-electron chi connectivity index (χ1n) is 9.27. The van der Waals surface area contributed by atoms with Crippen molar-refractivity contribution in [3.8, 4) is 11.5 Å². The predicted octanol–water partition coefficient (Wildman–Crippen LogP) is 4.91. The second kappa shape index (κ2) is 8.85. The van der Waals surface area contributed by atoms with Crippen LogP contribution in [-0.4, -0.2) is 24.9 Å². The summed E-state index contributed by atoms with van der Waals surface area (Å²) in [5, 5.41) is 0.520. The number of hydrogen-bond acceptors (Lipinski definition) is 6. The van der Waals surface area contributed by atoms with E-state index in [0.29, 0.717) is 27.5 Å². The maximum Gasteiger partial charge on any atom is 0.363 e. The Morgan fingerprint density at radius 2 is 1.71 bits per heavy atom. The van der Waals surface area contributed by atoms with E-state index in [2.05, 4.69) is 4.99 Å². The van der Waals surface area contributed by atoms with Gasteiger partial charge in [0, 0.05) is 16.1 Å². The number of rotatable bonds is 5. The molecule has 0 spiro atoms. The minimum absolute atomic E-state index is 0.0980. The summed E-state index contributed by atoms with van der Waals surface area (Å²) < 4.78 is 15.9. The van der Waals surface area contributed by atoms with Crippen molar-refractivity contribution in [2.24, 2.45) is 4.99 Å². The van der Waals surface area contributed by atoms with Crippen LogP contribution >= 0.6 is 11.6 Å². The number of cyclic esters (lactones) is 1. The Kier molecular flexibility index (Phi) is 5.82. The Labute approximate surface area is 183 Å². The molecular formula is C24H16ClNO5. The van der Waals surface area contributed by atoms with Gasteiger partial charge in [-0.1, -0.05) is 29.8 Å². The first-order chi connectivity index (χ1) is 15.0. The van der Waals surface area contributed by atoms with Crippen LogP contribution in [0.3, 0.4) is 0 Å². The number of nitrogens with zero attached hydrogens (tertiary/aromatic N) is 1. The van der Waals surface area contributed by atoms with Crippen molar-refractivity contribution < 1.29 is 23.8 Å². The van der Waals surface area contributed by atoms with Gasteiger partial charge in [-0.25, -0.2) is 14.6 Å². The van der Waals surface area contributed by atoms with Gasteiger partial charge in [-0.2, -0.15) is 0 Å². The topological polar surface area (TPSA) is 74.2 Å². The second-order valence-electron chi connectivity index (χ2n) is 6.50. The van der Waals surface area contributed by atoms with Crippen LogP contribution in [0.1, 0.15) is 21.5 Å². The third-order valence-corrected chi connectivity index (χ3v) is 4.70. The molecule has 0 aliphatic carbocycles. The van der Waals surface area contributed by atoms with Gasteiger partial charge in [-0.05, 0) is 60.7 Å². The maximum atomic E-state index is 12.5. The monoisotopic (exact) mass is 433 g/mol. The summed E-state index contributed by atoms with van der Waals surface area (Å²) in [5.41, 5.74) is 1.60. The van der Waals surface area contributed by atoms with E-state index in [1.165, 1.54) is 6.08 Å². The van der Waals surface area contributed by atoms with E-state index in [4.69, 9.17) is 25.8 Å². The third-order valence-electron chi connectivity index (χ3n) is 4.45. The quantitative estimate of drug-likeness (QED) is 0.324. The van der Waals surface area contributed by atoms with Gasteiger partial charge in [0.2, 0.25) is 5.90 Å². The van der Waals surface area contributed by atoms with Crippen molar-refractivity contribution in [2.45, 2.75) is 0 Å². The fourth-order valence-corrected chi connectivity index (χ4v) is 2.98. The number of halogens is 1. The highest BCUT2D eigenvalue weighted by molar-refractivity contribution is 6.30. The highest BCUT2D eigenvalue weighted by Gasteiger charge is 2.24. The van der Waals surface area contributed by atoms with Crippen LogP contribution < -0.4 is 9.47 Å². The molecule has 4 rings (SSSR count). The van der Waals surface area contributed by atoms with Crippen LogP contribution in [-0.2, 0) is 9.53 Å². The fourth-order valence-electron chi connectivity index (χ4n) is 2.85. The standard InChI is InChI=1S/C24H16ClNO5/c1-29-19-12-8-15(9-13-19)22-26-20(24(28)31-22)14-17-4-2-3-5-21(17)30-23(27)16-6-10-18(25)11-7-16/h2-14H,1H3. The molecule has 31 heavy (non-hydrogen) atoms. The predicted molar refractivity (Wildman–Crippen MR) is 116 cm³/mol. The molecule has 0 bridgehead atoms. The SMILES string of the molecule is COc1ccc(C2=NC(=Cc3ccccc3OC(=O)c3ccc(Cl)cc3)C(=O)O2)cc1. The number of ether oxygens (including phenoxy) is 3. The molecule has 3 aromatic rings. The summed E-state index contributed by atoms with van der Waals surface area (Å²) in [6, 6.07) is 20.2. The van der Waals surface area contributed by atoms with E-state index in [1.807, 2.05) is 0 Å². The molecule has 1 aliphatic heterocycles. The summed E-state index contributed by atoms with van der Waals surface area (Å²) in [5.74, 6) is 0.0230. The Morgan fingerprint density at radius 1 is 1.00 bits per heavy atom. The van der Waals surface area contributed by atoms with Gasteiger partial charge < -0.3 is 14.2 Å². The van der Waals surface area contributed by atoms with E-state index in [1.54, 1.807) is 79.9 Å². The smallest absolute Gasteiger partial charge is 0.363 e. The lowest BCUT2D eigenvalue weighted by Gasteiger charge is -2.07. The van der Waals surface area contributed by atoms with Gasteiger partial charge in [0.25, 0.3) is 0 Å². The molecule has 1 aliphatic rings. The van der Waals surface area contributed by atoms with Gasteiger partial charge in [-0.15, -0.1) is 0 Å². The van der Waals surface area contributed by atoms with Crippen molar-refractivity contribution in [3.05, 3.63) is 100 Å². The zero-order valence-electron chi connectivity index (χ0n) is 16.4. The molecule has 0 radical (unpaired) electrons. The molecule has 0 fully saturated rings. The van der Waals surface area contributed by atoms with Crippen molar-refractivity contribution >= 4 is 35.5 Å². The average molecular weight is 434 g/mol. The lowest BCUT2D eigenvalue weighted by atomic mass is 10.1. The molecule has 0 atom stereocenters. The minimum atomic E-state index is -0.593. The van der Waals surface area contributed by atoms with E-state index < -0.39 is 11.9 Å². The number of hydrogen-bond donors (Lipinski definition) is 0. The Balaban J connectivity index is 1.59. The van der Waals surface area contributed by atoms with Crippen LogP contribution in [0.5, 0.6) is 11.5 Å². The highest BCUT2D eigenvalue weighted by atomic mass is 35.5. The number of aliphatic imine (C=N–C) groups is 1. The normalized spacial score (nSPS) is 14.2. The maximum absolute atomic E-state index is 12.5. The van der Waals surface area contributed by atoms with Crippen molar-refractivity contribution in [3.63, 3.8) is 0 Å². The third kappa shape index (κ3) is 4.65. The van der Waals surface area contributed by atoms with E-state index in [-0.39, 0.29) is 17.3 Å². The molecule has 0 aromatic heterocycles. The fraction of sp³-hybridized carbons (Fsp3) is 0.0417. The average Bonchev–Trinajstić information content (AvgIpc) is 3.15. The summed E-state index contributed by atoms with van der Waals surface area (Å²) in [6.07, 6.45) is 1.52. The summed E-state index contributed by atoms with van der Waals surface area (Å²) >= 11 is 5.86. The number of methoxy groups -OCH3 is 1.